The largest absolute Gasteiger partial charge is 0.398 e. The van der Waals surface area contributed by atoms with Crippen LogP contribution >= 0.6 is 15.9 Å². The molecule has 0 spiro atoms. The van der Waals surface area contributed by atoms with Crippen molar-refractivity contribution >= 4 is 21.6 Å². The monoisotopic (exact) mass is 305 g/mol. The predicted octanol–water partition coefficient (Wildman–Crippen LogP) is 3.09. The Morgan fingerprint density at radius 3 is 2.39 bits per heavy atom. The van der Waals surface area contributed by atoms with E-state index in [0.29, 0.717) is 5.69 Å². The zero-order chi connectivity index (χ0) is 13.3. The van der Waals surface area contributed by atoms with Crippen LogP contribution in [0.1, 0.15) is 28.3 Å². The maximum absolute atomic E-state index is 6.27. The highest BCUT2D eigenvalue weighted by molar-refractivity contribution is 9.10. The Morgan fingerprint density at radius 2 is 1.83 bits per heavy atom. The summed E-state index contributed by atoms with van der Waals surface area (Å²) in [5.41, 5.74) is 17.1. The minimum Gasteiger partial charge on any atom is -0.398 e. The van der Waals surface area contributed by atoms with Crippen LogP contribution in [0.4, 0.5) is 5.69 Å². The van der Waals surface area contributed by atoms with Gasteiger partial charge in [-0.3, -0.25) is 4.98 Å². The van der Waals surface area contributed by atoms with Gasteiger partial charge in [-0.15, -0.1) is 0 Å². The molecule has 1 aromatic carbocycles. The summed E-state index contributed by atoms with van der Waals surface area (Å²) in [6.45, 7) is 4.11. The van der Waals surface area contributed by atoms with E-state index in [0.717, 1.165) is 15.6 Å². The summed E-state index contributed by atoms with van der Waals surface area (Å²) in [7, 11) is 0. The number of pyridine rings is 1. The molecule has 4 N–H and O–H groups in total. The second-order valence-electron chi connectivity index (χ2n) is 4.45. The molecule has 1 heterocycles. The molecule has 2 rings (SSSR count). The minimum atomic E-state index is -0.246. The van der Waals surface area contributed by atoms with E-state index in [1.807, 2.05) is 0 Å². The number of halogens is 1. The highest BCUT2D eigenvalue weighted by Crippen LogP contribution is 2.29. The summed E-state index contributed by atoms with van der Waals surface area (Å²) in [5.74, 6) is 0. The van der Waals surface area contributed by atoms with E-state index >= 15 is 0 Å². The number of hydrogen-bond donors (Lipinski definition) is 2. The van der Waals surface area contributed by atoms with E-state index in [2.05, 4.69) is 46.9 Å². The number of nitrogen functional groups attached to an aromatic ring is 1. The minimum absolute atomic E-state index is 0.246. The maximum Gasteiger partial charge on any atom is 0.0587 e. The van der Waals surface area contributed by atoms with Gasteiger partial charge in [0.25, 0.3) is 0 Å². The standard InChI is InChI=1S/C14H16BrN3/c1-8-5-10(6-9(2)13(8)15)14(17)11-7-18-4-3-12(11)16/h3-7,14H,17H2,1-2H3,(H2,16,18). The maximum atomic E-state index is 6.27. The van der Waals surface area contributed by atoms with Gasteiger partial charge in [-0.05, 0) is 36.6 Å². The molecular weight excluding hydrogens is 290 g/mol. The molecule has 4 heteroatoms. The topological polar surface area (TPSA) is 64.9 Å². The van der Waals surface area contributed by atoms with Crippen LogP contribution in [0, 0.1) is 13.8 Å². The van der Waals surface area contributed by atoms with E-state index in [-0.39, 0.29) is 6.04 Å². The van der Waals surface area contributed by atoms with Crippen LogP contribution in [-0.4, -0.2) is 4.98 Å². The fraction of sp³-hybridized carbons (Fsp3) is 0.214. The average molecular weight is 306 g/mol. The second kappa shape index (κ2) is 5.08. The number of benzene rings is 1. The number of hydrogen-bond acceptors (Lipinski definition) is 3. The molecule has 1 atom stereocenters. The van der Waals surface area contributed by atoms with Crippen LogP contribution in [0.3, 0.4) is 0 Å². The van der Waals surface area contributed by atoms with Gasteiger partial charge in [0, 0.05) is 28.1 Å². The summed E-state index contributed by atoms with van der Waals surface area (Å²) in [6, 6.07) is 5.68. The molecule has 0 fully saturated rings. The van der Waals surface area contributed by atoms with Gasteiger partial charge in [0.15, 0.2) is 0 Å². The molecule has 18 heavy (non-hydrogen) atoms. The van der Waals surface area contributed by atoms with Crippen molar-refractivity contribution < 1.29 is 0 Å². The van der Waals surface area contributed by atoms with Gasteiger partial charge < -0.3 is 11.5 Å². The lowest BCUT2D eigenvalue weighted by Gasteiger charge is -2.16. The van der Waals surface area contributed by atoms with Crippen LogP contribution in [0.2, 0.25) is 0 Å². The molecule has 0 amide bonds. The first-order chi connectivity index (χ1) is 8.50. The number of aryl methyl sites for hydroxylation is 2. The smallest absolute Gasteiger partial charge is 0.0587 e. The van der Waals surface area contributed by atoms with Gasteiger partial charge in [-0.25, -0.2) is 0 Å². The molecule has 1 aromatic heterocycles. The number of rotatable bonds is 2. The molecule has 94 valence electrons. The SMILES string of the molecule is Cc1cc(C(N)c2cnccc2N)cc(C)c1Br. The fourth-order valence-corrected chi connectivity index (χ4v) is 2.24. The molecule has 2 aromatic rings. The third-order valence-corrected chi connectivity index (χ3v) is 4.29. The molecule has 1 unspecified atom stereocenters. The quantitative estimate of drug-likeness (QED) is 0.896. The van der Waals surface area contributed by atoms with Crippen LogP contribution in [0.25, 0.3) is 0 Å². The van der Waals surface area contributed by atoms with Crippen molar-refractivity contribution in [2.24, 2.45) is 5.73 Å². The first-order valence-corrected chi connectivity index (χ1v) is 6.51. The molecule has 0 aliphatic carbocycles. The summed E-state index contributed by atoms with van der Waals surface area (Å²) in [4.78, 5) is 4.09. The van der Waals surface area contributed by atoms with Crippen molar-refractivity contribution in [1.29, 1.82) is 0 Å². The Balaban J connectivity index is 2.47. The van der Waals surface area contributed by atoms with Gasteiger partial charge in [0.05, 0.1) is 6.04 Å². The van der Waals surface area contributed by atoms with Gasteiger partial charge in [0.1, 0.15) is 0 Å². The first-order valence-electron chi connectivity index (χ1n) is 5.72. The van der Waals surface area contributed by atoms with Gasteiger partial charge in [0.2, 0.25) is 0 Å². The summed E-state index contributed by atoms with van der Waals surface area (Å²) < 4.78 is 1.12. The zero-order valence-corrected chi connectivity index (χ0v) is 12.0. The normalized spacial score (nSPS) is 12.4. The van der Waals surface area contributed by atoms with Crippen LogP contribution < -0.4 is 11.5 Å². The third-order valence-electron chi connectivity index (χ3n) is 3.04. The molecule has 3 nitrogen and oxygen atoms in total. The lowest BCUT2D eigenvalue weighted by Crippen LogP contribution is -2.14. The van der Waals surface area contributed by atoms with Crippen molar-refractivity contribution in [3.8, 4) is 0 Å². The number of nitrogens with zero attached hydrogens (tertiary/aromatic N) is 1. The van der Waals surface area contributed by atoms with Crippen molar-refractivity contribution in [2.75, 3.05) is 5.73 Å². The molecule has 0 aliphatic rings. The number of anilines is 1. The third kappa shape index (κ3) is 2.40. The Bertz CT molecular complexity index is 558. The Labute approximate surface area is 115 Å². The van der Waals surface area contributed by atoms with Crippen molar-refractivity contribution in [1.82, 2.24) is 4.98 Å². The highest BCUT2D eigenvalue weighted by atomic mass is 79.9. The van der Waals surface area contributed by atoms with Crippen molar-refractivity contribution in [3.63, 3.8) is 0 Å². The summed E-state index contributed by atoms with van der Waals surface area (Å²) >= 11 is 3.56. The molecule has 0 bridgehead atoms. The molecular formula is C14H16BrN3. The van der Waals surface area contributed by atoms with Gasteiger partial charge >= 0.3 is 0 Å². The van der Waals surface area contributed by atoms with E-state index < -0.39 is 0 Å². The van der Waals surface area contributed by atoms with E-state index in [9.17, 15) is 0 Å². The molecule has 0 aliphatic heterocycles. The van der Waals surface area contributed by atoms with Crippen molar-refractivity contribution in [3.05, 3.63) is 57.3 Å². The number of aromatic nitrogens is 1. The lowest BCUT2D eigenvalue weighted by atomic mass is 9.96. The van der Waals surface area contributed by atoms with E-state index in [4.69, 9.17) is 11.5 Å². The molecule has 0 radical (unpaired) electrons. The van der Waals surface area contributed by atoms with E-state index in [1.165, 1.54) is 11.1 Å². The average Bonchev–Trinajstić information content (AvgIpc) is 2.35. The summed E-state index contributed by atoms with van der Waals surface area (Å²) in [6.07, 6.45) is 3.40. The molecule has 0 saturated carbocycles. The van der Waals surface area contributed by atoms with Crippen LogP contribution in [0.5, 0.6) is 0 Å². The van der Waals surface area contributed by atoms with Crippen LogP contribution in [-0.2, 0) is 0 Å². The first kappa shape index (κ1) is 13.1. The molecule has 0 saturated heterocycles. The van der Waals surface area contributed by atoms with E-state index in [1.54, 1.807) is 18.5 Å². The highest BCUT2D eigenvalue weighted by Gasteiger charge is 2.14. The number of nitrogens with two attached hydrogens (primary N) is 2. The Kier molecular flexibility index (Phi) is 3.68. The van der Waals surface area contributed by atoms with Crippen LogP contribution in [0.15, 0.2) is 35.1 Å². The Morgan fingerprint density at radius 1 is 1.22 bits per heavy atom. The second-order valence-corrected chi connectivity index (χ2v) is 5.24. The zero-order valence-electron chi connectivity index (χ0n) is 10.4. The van der Waals surface area contributed by atoms with Gasteiger partial charge in [-0.1, -0.05) is 28.1 Å². The van der Waals surface area contributed by atoms with Gasteiger partial charge in [-0.2, -0.15) is 0 Å². The summed E-state index contributed by atoms with van der Waals surface area (Å²) in [5, 5.41) is 0. The fourth-order valence-electron chi connectivity index (χ4n) is 2.02. The van der Waals surface area contributed by atoms with Crippen molar-refractivity contribution in [2.45, 2.75) is 19.9 Å². The lowest BCUT2D eigenvalue weighted by molar-refractivity contribution is 0.862. The Hall–Kier alpha value is -1.39. The predicted molar refractivity (Wildman–Crippen MR) is 78.3 cm³/mol.